The maximum absolute atomic E-state index is 12.5. The van der Waals surface area contributed by atoms with Gasteiger partial charge in [0.05, 0.1) is 6.54 Å². The lowest BCUT2D eigenvalue weighted by Crippen LogP contribution is -2.46. The number of anilines is 1. The van der Waals surface area contributed by atoms with Gasteiger partial charge < -0.3 is 14.8 Å². The molecule has 1 aliphatic heterocycles. The summed E-state index contributed by atoms with van der Waals surface area (Å²) in [5.74, 6) is 0.782. The molecule has 0 unspecified atom stereocenters. The second-order valence-corrected chi connectivity index (χ2v) is 7.35. The Hall–Kier alpha value is -1.84. The lowest BCUT2D eigenvalue weighted by atomic mass is 10.2. The van der Waals surface area contributed by atoms with Crippen LogP contribution >= 0.6 is 0 Å². The third kappa shape index (κ3) is 4.62. The van der Waals surface area contributed by atoms with Gasteiger partial charge >= 0.3 is 0 Å². The van der Waals surface area contributed by atoms with Crippen molar-refractivity contribution in [3.8, 4) is 11.5 Å². The van der Waals surface area contributed by atoms with Crippen LogP contribution in [0.25, 0.3) is 0 Å². The first kappa shape index (κ1) is 19.5. The van der Waals surface area contributed by atoms with Gasteiger partial charge in [-0.1, -0.05) is 20.8 Å². The fourth-order valence-electron chi connectivity index (χ4n) is 2.55. The van der Waals surface area contributed by atoms with Gasteiger partial charge in [0.1, 0.15) is 13.2 Å². The Morgan fingerprint density at radius 2 is 1.64 bits per heavy atom. The van der Waals surface area contributed by atoms with Crippen molar-refractivity contribution in [1.29, 1.82) is 0 Å². The predicted octanol–water partition coefficient (Wildman–Crippen LogP) is 1.30. The zero-order valence-electron chi connectivity index (χ0n) is 14.8. The first-order valence-electron chi connectivity index (χ1n) is 8.37. The van der Waals surface area contributed by atoms with Gasteiger partial charge in [-0.3, -0.25) is 4.79 Å². The van der Waals surface area contributed by atoms with Gasteiger partial charge in [0.25, 0.3) is 10.2 Å². The molecule has 0 saturated heterocycles. The van der Waals surface area contributed by atoms with Crippen LogP contribution in [0.2, 0.25) is 0 Å². The van der Waals surface area contributed by atoms with E-state index >= 15 is 0 Å². The number of likely N-dealkylation sites (N-methyl/N-ethyl adjacent to an activating group) is 1. The highest BCUT2D eigenvalue weighted by atomic mass is 32.2. The van der Waals surface area contributed by atoms with E-state index in [0.29, 0.717) is 43.5 Å². The molecule has 1 aromatic carbocycles. The number of rotatable bonds is 8. The van der Waals surface area contributed by atoms with Crippen LogP contribution in [-0.2, 0) is 15.0 Å². The van der Waals surface area contributed by atoms with Crippen molar-refractivity contribution in [2.24, 2.45) is 0 Å². The van der Waals surface area contributed by atoms with Gasteiger partial charge in [-0.15, -0.1) is 0 Å². The summed E-state index contributed by atoms with van der Waals surface area (Å²) in [5, 5.41) is 2.70. The fourth-order valence-corrected chi connectivity index (χ4v) is 4.14. The topological polar surface area (TPSA) is 88.2 Å². The van der Waals surface area contributed by atoms with E-state index in [1.807, 2.05) is 0 Å². The Morgan fingerprint density at radius 1 is 1.04 bits per heavy atom. The minimum atomic E-state index is -3.65. The van der Waals surface area contributed by atoms with Crippen molar-refractivity contribution < 1.29 is 22.7 Å². The summed E-state index contributed by atoms with van der Waals surface area (Å²) < 4.78 is 38.5. The molecule has 25 heavy (non-hydrogen) atoms. The normalized spacial score (nSPS) is 14.0. The summed E-state index contributed by atoms with van der Waals surface area (Å²) in [7, 11) is -3.65. The van der Waals surface area contributed by atoms with Crippen molar-refractivity contribution in [1.82, 2.24) is 8.61 Å². The molecule has 0 saturated carbocycles. The van der Waals surface area contributed by atoms with Crippen LogP contribution in [0.15, 0.2) is 18.2 Å². The van der Waals surface area contributed by atoms with E-state index in [1.54, 1.807) is 39.0 Å². The quantitative estimate of drug-likeness (QED) is 0.744. The van der Waals surface area contributed by atoms with Gasteiger partial charge in [-0.2, -0.15) is 17.0 Å². The Labute approximate surface area is 148 Å². The molecule has 0 radical (unpaired) electrons. The second kappa shape index (κ2) is 8.50. The van der Waals surface area contributed by atoms with Crippen molar-refractivity contribution >= 4 is 21.8 Å². The van der Waals surface area contributed by atoms with Crippen molar-refractivity contribution in [2.75, 3.05) is 44.7 Å². The summed E-state index contributed by atoms with van der Waals surface area (Å²) >= 11 is 0. The molecule has 140 valence electrons. The molecule has 0 spiro atoms. The maximum atomic E-state index is 12.5. The third-order valence-electron chi connectivity index (χ3n) is 3.86. The van der Waals surface area contributed by atoms with Gasteiger partial charge in [0, 0.05) is 31.4 Å². The number of fused-ring (bicyclic) bond motifs is 1. The average molecular weight is 371 g/mol. The van der Waals surface area contributed by atoms with Gasteiger partial charge in [0.15, 0.2) is 11.5 Å². The predicted molar refractivity (Wildman–Crippen MR) is 95.1 cm³/mol. The van der Waals surface area contributed by atoms with Crippen LogP contribution in [0, 0.1) is 0 Å². The SMILES string of the molecule is CCN(CC)S(=O)(=O)N(CC)CC(=O)Nc1ccc2c(c1)OCCO2. The van der Waals surface area contributed by atoms with E-state index in [-0.39, 0.29) is 13.1 Å². The van der Waals surface area contributed by atoms with Crippen molar-refractivity contribution in [2.45, 2.75) is 20.8 Å². The van der Waals surface area contributed by atoms with Gasteiger partial charge in [-0.05, 0) is 12.1 Å². The Kier molecular flexibility index (Phi) is 6.63. The fraction of sp³-hybridized carbons (Fsp3) is 0.562. The van der Waals surface area contributed by atoms with Crippen LogP contribution in [0.4, 0.5) is 5.69 Å². The standard InChI is InChI=1S/C16H25N3O5S/c1-4-18(5-2)25(21,22)19(6-3)12-16(20)17-13-7-8-14-15(11-13)24-10-9-23-14/h7-8,11H,4-6,9-10,12H2,1-3H3,(H,17,20). The van der Waals surface area contributed by atoms with Crippen LogP contribution in [0.3, 0.4) is 0 Å². The minimum Gasteiger partial charge on any atom is -0.486 e. The molecule has 1 heterocycles. The molecule has 2 rings (SSSR count). The molecule has 0 aromatic heterocycles. The minimum absolute atomic E-state index is 0.216. The summed E-state index contributed by atoms with van der Waals surface area (Å²) in [5.41, 5.74) is 0.533. The number of amides is 1. The third-order valence-corrected chi connectivity index (χ3v) is 6.07. The van der Waals surface area contributed by atoms with E-state index in [2.05, 4.69) is 5.32 Å². The molecule has 1 amide bonds. The van der Waals surface area contributed by atoms with E-state index in [9.17, 15) is 13.2 Å². The molecular formula is C16H25N3O5S. The molecule has 1 N–H and O–H groups in total. The number of ether oxygens (including phenoxy) is 2. The van der Waals surface area contributed by atoms with Crippen molar-refractivity contribution in [3.05, 3.63) is 18.2 Å². The summed E-state index contributed by atoms with van der Waals surface area (Å²) in [6.07, 6.45) is 0. The van der Waals surface area contributed by atoms with Crippen LogP contribution < -0.4 is 14.8 Å². The molecular weight excluding hydrogens is 346 g/mol. The molecule has 0 bridgehead atoms. The van der Waals surface area contributed by atoms with Gasteiger partial charge in [0.2, 0.25) is 5.91 Å². The van der Waals surface area contributed by atoms with E-state index in [1.165, 1.54) is 4.31 Å². The number of nitrogens with zero attached hydrogens (tertiary/aromatic N) is 2. The second-order valence-electron chi connectivity index (χ2n) is 5.42. The molecule has 0 atom stereocenters. The number of carbonyl (C=O) groups is 1. The largest absolute Gasteiger partial charge is 0.486 e. The van der Waals surface area contributed by atoms with E-state index in [4.69, 9.17) is 9.47 Å². The highest BCUT2D eigenvalue weighted by Gasteiger charge is 2.28. The zero-order valence-corrected chi connectivity index (χ0v) is 15.6. The number of benzene rings is 1. The monoisotopic (exact) mass is 371 g/mol. The first-order valence-corrected chi connectivity index (χ1v) is 9.76. The Balaban J connectivity index is 2.05. The summed E-state index contributed by atoms with van der Waals surface area (Å²) in [6, 6.07) is 5.08. The number of hydrogen-bond acceptors (Lipinski definition) is 5. The zero-order chi connectivity index (χ0) is 18.4. The lowest BCUT2D eigenvalue weighted by Gasteiger charge is -2.27. The number of hydrogen-bond donors (Lipinski definition) is 1. The number of nitrogens with one attached hydrogen (secondary N) is 1. The molecule has 9 heteroatoms. The molecule has 8 nitrogen and oxygen atoms in total. The van der Waals surface area contributed by atoms with Crippen molar-refractivity contribution in [3.63, 3.8) is 0 Å². The summed E-state index contributed by atoms with van der Waals surface area (Å²) in [6.45, 7) is 6.88. The van der Waals surface area contributed by atoms with Crippen LogP contribution in [-0.4, -0.2) is 62.3 Å². The molecule has 1 aliphatic rings. The Bertz CT molecular complexity index is 704. The number of carbonyl (C=O) groups excluding carboxylic acids is 1. The highest BCUT2D eigenvalue weighted by Crippen LogP contribution is 2.32. The summed E-state index contributed by atoms with van der Waals surface area (Å²) in [4.78, 5) is 12.3. The maximum Gasteiger partial charge on any atom is 0.282 e. The lowest BCUT2D eigenvalue weighted by molar-refractivity contribution is -0.116. The van der Waals surface area contributed by atoms with E-state index in [0.717, 1.165) is 4.31 Å². The Morgan fingerprint density at radius 3 is 2.24 bits per heavy atom. The van der Waals surface area contributed by atoms with Gasteiger partial charge in [-0.25, -0.2) is 0 Å². The van der Waals surface area contributed by atoms with Crippen LogP contribution in [0.5, 0.6) is 11.5 Å². The first-order chi connectivity index (χ1) is 11.9. The van der Waals surface area contributed by atoms with E-state index < -0.39 is 16.1 Å². The van der Waals surface area contributed by atoms with Crippen LogP contribution in [0.1, 0.15) is 20.8 Å². The highest BCUT2D eigenvalue weighted by molar-refractivity contribution is 7.86. The molecule has 1 aromatic rings. The smallest absolute Gasteiger partial charge is 0.282 e. The average Bonchev–Trinajstić information content (AvgIpc) is 2.60. The molecule has 0 aliphatic carbocycles. The molecule has 0 fully saturated rings.